The van der Waals surface area contributed by atoms with Gasteiger partial charge in [0.25, 0.3) is 5.91 Å². The average molecular weight is 301 g/mol. The summed E-state index contributed by atoms with van der Waals surface area (Å²) in [6, 6.07) is 10.1. The number of nitrogens with zero attached hydrogens (tertiary/aromatic N) is 2. The predicted molar refractivity (Wildman–Crippen MR) is 82.5 cm³/mol. The first-order valence-electron chi connectivity index (χ1n) is 6.35. The average Bonchev–Trinajstić information content (AvgIpc) is 2.50. The highest BCUT2D eigenvalue weighted by atomic mass is 35.5. The third kappa shape index (κ3) is 3.50. The van der Waals surface area contributed by atoms with Crippen LogP contribution in [-0.2, 0) is 0 Å². The van der Waals surface area contributed by atoms with Crippen molar-refractivity contribution in [3.05, 3.63) is 52.7 Å². The zero-order chi connectivity index (χ0) is 15.2. The molecule has 0 aliphatic rings. The predicted octanol–water partition coefficient (Wildman–Crippen LogP) is 3.29. The quantitative estimate of drug-likeness (QED) is 0.908. The molecule has 1 amide bonds. The normalized spacial score (nSPS) is 9.76. The van der Waals surface area contributed by atoms with Gasteiger partial charge in [0.1, 0.15) is 5.82 Å². The van der Waals surface area contributed by atoms with E-state index in [0.29, 0.717) is 34.2 Å². The highest BCUT2D eigenvalue weighted by molar-refractivity contribution is 6.34. The Balaban J connectivity index is 2.24. The minimum atomic E-state index is -0.314. The minimum absolute atomic E-state index is 0.314. The van der Waals surface area contributed by atoms with Crippen molar-refractivity contribution in [3.63, 3.8) is 0 Å². The van der Waals surface area contributed by atoms with Gasteiger partial charge in [-0.3, -0.25) is 4.79 Å². The standard InChI is InChI=1S/C15H13ClN4O/c1-2-18-14-11(4-3-7-19-14)15(21)20-13-6-5-10(9-17)8-12(13)16/h3-8H,2H2,1H3,(H,18,19)(H,20,21). The molecule has 1 heterocycles. The maximum absolute atomic E-state index is 12.3. The zero-order valence-electron chi connectivity index (χ0n) is 11.4. The van der Waals surface area contributed by atoms with Crippen molar-refractivity contribution in [2.45, 2.75) is 6.92 Å². The van der Waals surface area contributed by atoms with Gasteiger partial charge >= 0.3 is 0 Å². The lowest BCUT2D eigenvalue weighted by Gasteiger charge is -2.11. The summed E-state index contributed by atoms with van der Waals surface area (Å²) in [4.78, 5) is 16.4. The molecule has 5 nitrogen and oxygen atoms in total. The van der Waals surface area contributed by atoms with Crippen molar-refractivity contribution in [1.29, 1.82) is 5.26 Å². The third-order valence-electron chi connectivity index (χ3n) is 2.74. The van der Waals surface area contributed by atoms with E-state index in [1.54, 1.807) is 30.5 Å². The van der Waals surface area contributed by atoms with Gasteiger partial charge in [0.05, 0.1) is 27.9 Å². The van der Waals surface area contributed by atoms with Crippen LogP contribution < -0.4 is 10.6 Å². The van der Waals surface area contributed by atoms with E-state index in [-0.39, 0.29) is 5.91 Å². The van der Waals surface area contributed by atoms with E-state index in [4.69, 9.17) is 16.9 Å². The van der Waals surface area contributed by atoms with Gasteiger partial charge in [-0.15, -0.1) is 0 Å². The number of pyridine rings is 1. The molecule has 0 spiro atoms. The fourth-order valence-corrected chi connectivity index (χ4v) is 2.00. The second-order valence-corrected chi connectivity index (χ2v) is 4.60. The Kier molecular flexibility index (Phi) is 4.75. The van der Waals surface area contributed by atoms with Gasteiger partial charge in [-0.05, 0) is 37.3 Å². The molecule has 0 radical (unpaired) electrons. The molecule has 2 N–H and O–H groups in total. The van der Waals surface area contributed by atoms with E-state index < -0.39 is 0 Å². The molecule has 0 aliphatic carbocycles. The number of benzene rings is 1. The number of nitrogens with one attached hydrogen (secondary N) is 2. The fourth-order valence-electron chi connectivity index (χ4n) is 1.77. The molecule has 1 aromatic carbocycles. The van der Waals surface area contributed by atoms with Crippen molar-refractivity contribution in [1.82, 2.24) is 4.98 Å². The van der Waals surface area contributed by atoms with Gasteiger partial charge in [0.15, 0.2) is 0 Å². The molecule has 21 heavy (non-hydrogen) atoms. The monoisotopic (exact) mass is 300 g/mol. The van der Waals surface area contributed by atoms with Crippen molar-refractivity contribution in [2.75, 3.05) is 17.2 Å². The van der Waals surface area contributed by atoms with E-state index in [1.165, 1.54) is 6.07 Å². The molecule has 2 rings (SSSR count). The summed E-state index contributed by atoms with van der Waals surface area (Å²) < 4.78 is 0. The van der Waals surface area contributed by atoms with Crippen LogP contribution >= 0.6 is 11.6 Å². The molecule has 0 bridgehead atoms. The Hall–Kier alpha value is -2.58. The molecular weight excluding hydrogens is 288 g/mol. The molecule has 0 aliphatic heterocycles. The van der Waals surface area contributed by atoms with Crippen molar-refractivity contribution in [3.8, 4) is 6.07 Å². The maximum atomic E-state index is 12.3. The number of halogens is 1. The molecule has 1 aromatic heterocycles. The second-order valence-electron chi connectivity index (χ2n) is 4.19. The zero-order valence-corrected chi connectivity index (χ0v) is 12.1. The molecule has 0 fully saturated rings. The summed E-state index contributed by atoms with van der Waals surface area (Å²) >= 11 is 6.04. The Bertz CT molecular complexity index is 709. The van der Waals surface area contributed by atoms with Crippen LogP contribution in [0.5, 0.6) is 0 Å². The summed E-state index contributed by atoms with van der Waals surface area (Å²) in [7, 11) is 0. The molecule has 0 atom stereocenters. The minimum Gasteiger partial charge on any atom is -0.370 e. The Morgan fingerprint density at radius 1 is 1.43 bits per heavy atom. The van der Waals surface area contributed by atoms with Crippen LogP contribution in [0.25, 0.3) is 0 Å². The smallest absolute Gasteiger partial charge is 0.259 e. The molecule has 106 valence electrons. The third-order valence-corrected chi connectivity index (χ3v) is 3.06. The molecule has 0 saturated heterocycles. The Labute approximate surface area is 127 Å². The second kappa shape index (κ2) is 6.73. The molecule has 6 heteroatoms. The van der Waals surface area contributed by atoms with Crippen LogP contribution in [0, 0.1) is 11.3 Å². The molecular formula is C15H13ClN4O. The summed E-state index contributed by atoms with van der Waals surface area (Å²) in [6.07, 6.45) is 1.61. The molecule has 0 unspecified atom stereocenters. The first-order chi connectivity index (χ1) is 10.2. The maximum Gasteiger partial charge on any atom is 0.259 e. The van der Waals surface area contributed by atoms with Gasteiger partial charge in [-0.1, -0.05) is 11.6 Å². The Morgan fingerprint density at radius 3 is 2.90 bits per heavy atom. The van der Waals surface area contributed by atoms with Gasteiger partial charge in [0, 0.05) is 12.7 Å². The number of aromatic nitrogens is 1. The van der Waals surface area contributed by atoms with E-state index in [1.807, 2.05) is 13.0 Å². The highest BCUT2D eigenvalue weighted by Gasteiger charge is 2.13. The van der Waals surface area contributed by atoms with Crippen molar-refractivity contribution in [2.24, 2.45) is 0 Å². The Morgan fingerprint density at radius 2 is 2.24 bits per heavy atom. The van der Waals surface area contributed by atoms with E-state index >= 15 is 0 Å². The van der Waals surface area contributed by atoms with Gasteiger partial charge in [-0.2, -0.15) is 5.26 Å². The number of carbonyl (C=O) groups excluding carboxylic acids is 1. The largest absolute Gasteiger partial charge is 0.370 e. The molecule has 0 saturated carbocycles. The van der Waals surface area contributed by atoms with Crippen LogP contribution in [0.15, 0.2) is 36.5 Å². The van der Waals surface area contributed by atoms with E-state index in [0.717, 1.165) is 0 Å². The molecule has 2 aromatic rings. The van der Waals surface area contributed by atoms with Crippen LogP contribution in [0.1, 0.15) is 22.8 Å². The topological polar surface area (TPSA) is 77.8 Å². The lowest BCUT2D eigenvalue weighted by Crippen LogP contribution is -2.16. The van der Waals surface area contributed by atoms with Crippen LogP contribution in [0.2, 0.25) is 5.02 Å². The van der Waals surface area contributed by atoms with Crippen LogP contribution in [0.4, 0.5) is 11.5 Å². The van der Waals surface area contributed by atoms with Crippen molar-refractivity contribution < 1.29 is 4.79 Å². The summed E-state index contributed by atoms with van der Waals surface area (Å²) in [5.74, 6) is 0.202. The highest BCUT2D eigenvalue weighted by Crippen LogP contribution is 2.24. The fraction of sp³-hybridized carbons (Fsp3) is 0.133. The van der Waals surface area contributed by atoms with E-state index in [2.05, 4.69) is 15.6 Å². The van der Waals surface area contributed by atoms with Crippen LogP contribution in [0.3, 0.4) is 0 Å². The van der Waals surface area contributed by atoms with Gasteiger partial charge < -0.3 is 10.6 Å². The van der Waals surface area contributed by atoms with Gasteiger partial charge in [0.2, 0.25) is 0 Å². The lowest BCUT2D eigenvalue weighted by molar-refractivity contribution is 0.102. The number of amides is 1. The lowest BCUT2D eigenvalue weighted by atomic mass is 10.2. The summed E-state index contributed by atoms with van der Waals surface area (Å²) in [5.41, 5.74) is 1.32. The van der Waals surface area contributed by atoms with Crippen LogP contribution in [-0.4, -0.2) is 17.4 Å². The number of hydrogen-bond acceptors (Lipinski definition) is 4. The summed E-state index contributed by atoms with van der Waals surface area (Å²) in [6.45, 7) is 2.59. The number of carbonyl (C=O) groups is 1. The number of rotatable bonds is 4. The number of nitriles is 1. The number of anilines is 2. The summed E-state index contributed by atoms with van der Waals surface area (Å²) in [5, 5.41) is 14.9. The first kappa shape index (κ1) is 14.8. The number of hydrogen-bond donors (Lipinski definition) is 2. The SMILES string of the molecule is CCNc1ncccc1C(=O)Nc1ccc(C#N)cc1Cl. The van der Waals surface area contributed by atoms with E-state index in [9.17, 15) is 4.79 Å². The van der Waals surface area contributed by atoms with Crippen molar-refractivity contribution >= 4 is 29.0 Å². The van der Waals surface area contributed by atoms with Gasteiger partial charge in [-0.25, -0.2) is 4.98 Å². The first-order valence-corrected chi connectivity index (χ1v) is 6.73.